The number of aliphatic carboxylic acids is 1. The SMILES string of the molecule is O=C(O)C(=O)OCC1CCON1. The molecule has 6 heteroatoms. The van der Waals surface area contributed by atoms with Gasteiger partial charge >= 0.3 is 11.9 Å². The molecule has 0 aromatic carbocycles. The molecule has 1 aliphatic rings. The molecular formula is C6H9NO5. The maximum atomic E-state index is 10.4. The third-order valence-corrected chi connectivity index (χ3v) is 1.41. The van der Waals surface area contributed by atoms with E-state index in [1.54, 1.807) is 0 Å². The lowest BCUT2D eigenvalue weighted by atomic mass is 10.3. The molecule has 2 N–H and O–H groups in total. The summed E-state index contributed by atoms with van der Waals surface area (Å²) in [5.74, 6) is -2.81. The summed E-state index contributed by atoms with van der Waals surface area (Å²) in [5, 5.41) is 8.13. The van der Waals surface area contributed by atoms with E-state index in [0.29, 0.717) is 13.0 Å². The van der Waals surface area contributed by atoms with Crippen molar-refractivity contribution in [2.45, 2.75) is 12.5 Å². The number of hydrogen-bond acceptors (Lipinski definition) is 5. The van der Waals surface area contributed by atoms with Crippen molar-refractivity contribution in [3.05, 3.63) is 0 Å². The summed E-state index contributed by atoms with van der Waals surface area (Å²) in [7, 11) is 0. The number of hydroxylamine groups is 1. The number of rotatable bonds is 2. The van der Waals surface area contributed by atoms with E-state index in [4.69, 9.17) is 9.94 Å². The van der Waals surface area contributed by atoms with E-state index in [-0.39, 0.29) is 12.6 Å². The molecule has 1 rings (SSSR count). The van der Waals surface area contributed by atoms with Crippen LogP contribution in [0.15, 0.2) is 0 Å². The van der Waals surface area contributed by atoms with E-state index >= 15 is 0 Å². The molecule has 68 valence electrons. The predicted molar refractivity (Wildman–Crippen MR) is 36.1 cm³/mol. The smallest absolute Gasteiger partial charge is 0.417 e. The lowest BCUT2D eigenvalue weighted by molar-refractivity contribution is -0.164. The van der Waals surface area contributed by atoms with Gasteiger partial charge in [-0.2, -0.15) is 5.48 Å². The zero-order valence-electron chi connectivity index (χ0n) is 6.28. The van der Waals surface area contributed by atoms with Gasteiger partial charge in [-0.15, -0.1) is 0 Å². The minimum Gasteiger partial charge on any atom is -0.473 e. The lowest BCUT2D eigenvalue weighted by Gasteiger charge is -2.06. The van der Waals surface area contributed by atoms with Crippen LogP contribution in [-0.2, 0) is 19.2 Å². The molecule has 0 spiro atoms. The summed E-state index contributed by atoms with van der Waals surface area (Å²) in [6, 6.07) is -0.0895. The Bertz CT molecular complexity index is 186. The second kappa shape index (κ2) is 4.03. The molecule has 1 unspecified atom stereocenters. The zero-order valence-corrected chi connectivity index (χ0v) is 6.28. The van der Waals surface area contributed by atoms with Crippen LogP contribution in [0.1, 0.15) is 6.42 Å². The molecule has 1 heterocycles. The van der Waals surface area contributed by atoms with Crippen LogP contribution in [0.4, 0.5) is 0 Å². The highest BCUT2D eigenvalue weighted by Gasteiger charge is 2.19. The van der Waals surface area contributed by atoms with Crippen LogP contribution in [0.2, 0.25) is 0 Å². The van der Waals surface area contributed by atoms with E-state index in [0.717, 1.165) is 0 Å². The van der Waals surface area contributed by atoms with Crippen molar-refractivity contribution in [2.24, 2.45) is 0 Å². The number of esters is 1. The summed E-state index contributed by atoms with van der Waals surface area (Å²) in [4.78, 5) is 25.1. The number of hydrogen-bond donors (Lipinski definition) is 2. The summed E-state index contributed by atoms with van der Waals surface area (Å²) in [5.41, 5.74) is 2.58. The number of carboxylic acid groups (broad SMARTS) is 1. The van der Waals surface area contributed by atoms with Crippen LogP contribution in [0.3, 0.4) is 0 Å². The molecule has 0 aromatic heterocycles. The molecule has 1 saturated heterocycles. The second-order valence-electron chi connectivity index (χ2n) is 2.36. The Kier molecular flexibility index (Phi) is 3.01. The molecule has 0 aliphatic carbocycles. The average Bonchev–Trinajstić information content (AvgIpc) is 2.51. The Morgan fingerprint density at radius 3 is 2.92 bits per heavy atom. The molecule has 1 atom stereocenters. The van der Waals surface area contributed by atoms with E-state index in [9.17, 15) is 9.59 Å². The maximum absolute atomic E-state index is 10.4. The summed E-state index contributed by atoms with van der Waals surface area (Å²) < 4.78 is 4.41. The van der Waals surface area contributed by atoms with Gasteiger partial charge in [-0.05, 0) is 6.42 Å². The van der Waals surface area contributed by atoms with Crippen molar-refractivity contribution in [1.29, 1.82) is 0 Å². The van der Waals surface area contributed by atoms with Crippen LogP contribution in [-0.4, -0.2) is 36.3 Å². The highest BCUT2D eigenvalue weighted by molar-refractivity contribution is 6.28. The van der Waals surface area contributed by atoms with Crippen LogP contribution < -0.4 is 5.48 Å². The first-order chi connectivity index (χ1) is 5.70. The van der Waals surface area contributed by atoms with Gasteiger partial charge in [0.05, 0.1) is 12.6 Å². The van der Waals surface area contributed by atoms with Crippen LogP contribution >= 0.6 is 0 Å². The third-order valence-electron chi connectivity index (χ3n) is 1.41. The Balaban J connectivity index is 2.16. The molecule has 0 aromatic rings. The number of nitrogens with one attached hydrogen (secondary N) is 1. The minimum atomic E-state index is -1.58. The monoisotopic (exact) mass is 175 g/mol. The standard InChI is InChI=1S/C6H9NO5/c8-5(9)6(10)11-3-4-1-2-12-7-4/h4,7H,1-3H2,(H,8,9). The van der Waals surface area contributed by atoms with E-state index < -0.39 is 11.9 Å². The first-order valence-electron chi connectivity index (χ1n) is 3.47. The second-order valence-corrected chi connectivity index (χ2v) is 2.36. The van der Waals surface area contributed by atoms with Crippen LogP contribution in [0.5, 0.6) is 0 Å². The van der Waals surface area contributed by atoms with E-state index in [1.165, 1.54) is 0 Å². The molecule has 0 bridgehead atoms. The maximum Gasteiger partial charge on any atom is 0.417 e. The molecule has 6 nitrogen and oxygen atoms in total. The van der Waals surface area contributed by atoms with Gasteiger partial charge in [-0.3, -0.25) is 0 Å². The molecule has 1 fully saturated rings. The van der Waals surface area contributed by atoms with Crippen molar-refractivity contribution in [3.8, 4) is 0 Å². The Morgan fingerprint density at radius 2 is 2.42 bits per heavy atom. The molecule has 0 amide bonds. The van der Waals surface area contributed by atoms with Crippen molar-refractivity contribution in [1.82, 2.24) is 5.48 Å². The summed E-state index contributed by atoms with van der Waals surface area (Å²) in [6.45, 7) is 0.584. The predicted octanol–water partition coefficient (Wildman–Crippen LogP) is -1.09. The largest absolute Gasteiger partial charge is 0.473 e. The summed E-state index contributed by atoms with van der Waals surface area (Å²) in [6.07, 6.45) is 0.715. The van der Waals surface area contributed by atoms with Gasteiger partial charge in [0, 0.05) is 0 Å². The first kappa shape index (κ1) is 8.95. The number of ether oxygens (including phenoxy) is 1. The van der Waals surface area contributed by atoms with Gasteiger partial charge in [0.25, 0.3) is 0 Å². The van der Waals surface area contributed by atoms with E-state index in [2.05, 4.69) is 10.2 Å². The fraction of sp³-hybridized carbons (Fsp3) is 0.667. The topological polar surface area (TPSA) is 84.9 Å². The fourth-order valence-corrected chi connectivity index (χ4v) is 0.792. The minimum absolute atomic E-state index is 0.0329. The molecular weight excluding hydrogens is 166 g/mol. The molecule has 12 heavy (non-hydrogen) atoms. The van der Waals surface area contributed by atoms with Crippen molar-refractivity contribution < 1.29 is 24.3 Å². The van der Waals surface area contributed by atoms with Gasteiger partial charge in [0.2, 0.25) is 0 Å². The molecule has 1 aliphatic heterocycles. The van der Waals surface area contributed by atoms with Crippen molar-refractivity contribution in [3.63, 3.8) is 0 Å². The average molecular weight is 175 g/mol. The van der Waals surface area contributed by atoms with Gasteiger partial charge < -0.3 is 14.7 Å². The van der Waals surface area contributed by atoms with Gasteiger partial charge in [0.15, 0.2) is 0 Å². The van der Waals surface area contributed by atoms with Gasteiger partial charge in [0.1, 0.15) is 6.61 Å². The van der Waals surface area contributed by atoms with Gasteiger partial charge in [-0.1, -0.05) is 0 Å². The highest BCUT2D eigenvalue weighted by atomic mass is 16.7. The number of carboxylic acids is 1. The summed E-state index contributed by atoms with van der Waals surface area (Å²) >= 11 is 0. The molecule has 0 radical (unpaired) electrons. The molecule has 0 saturated carbocycles. The van der Waals surface area contributed by atoms with Crippen molar-refractivity contribution in [2.75, 3.05) is 13.2 Å². The first-order valence-corrected chi connectivity index (χ1v) is 3.47. The Morgan fingerprint density at radius 1 is 1.67 bits per heavy atom. The quantitative estimate of drug-likeness (QED) is 0.409. The van der Waals surface area contributed by atoms with Crippen molar-refractivity contribution >= 4 is 11.9 Å². The number of carbonyl (C=O) groups excluding carboxylic acids is 1. The third kappa shape index (κ3) is 2.48. The number of carbonyl (C=O) groups is 2. The van der Waals surface area contributed by atoms with Crippen LogP contribution in [0.25, 0.3) is 0 Å². The van der Waals surface area contributed by atoms with Gasteiger partial charge in [-0.25, -0.2) is 9.59 Å². The fourth-order valence-electron chi connectivity index (χ4n) is 0.792. The normalized spacial score (nSPS) is 22.2. The highest BCUT2D eigenvalue weighted by Crippen LogP contribution is 2.00. The Hall–Kier alpha value is -1.14. The Labute approximate surface area is 68.4 Å². The zero-order chi connectivity index (χ0) is 8.97. The lowest BCUT2D eigenvalue weighted by Crippen LogP contribution is -2.29. The van der Waals surface area contributed by atoms with E-state index in [1.807, 2.05) is 0 Å². The van der Waals surface area contributed by atoms with Crippen LogP contribution in [0, 0.1) is 0 Å².